The lowest BCUT2D eigenvalue weighted by Crippen LogP contribution is -2.35. The van der Waals surface area contributed by atoms with Gasteiger partial charge in [-0.2, -0.15) is 0 Å². The summed E-state index contributed by atoms with van der Waals surface area (Å²) >= 11 is 0. The summed E-state index contributed by atoms with van der Waals surface area (Å²) in [6.45, 7) is -0.258. The fraction of sp³-hybridized carbons (Fsp3) is 0.368. The maximum atomic E-state index is 12.8. The van der Waals surface area contributed by atoms with Crippen molar-refractivity contribution in [3.63, 3.8) is 0 Å². The standard InChI is InChI=1S/C19H25N7O4S/c20-15(21)11-23-18(28)24-13-4-2-12(3-5-13)17-25-14(10-16(22)26-17)19(6-7-19)31(29,30)9-1-8-27/h2-5,10,27H,1,6-9,11H2,(H3,20,21)(H2,22,25,26)(H2,23,24,28). The number of nitrogens with one attached hydrogen (secondary N) is 3. The zero-order valence-electron chi connectivity index (χ0n) is 16.8. The Bertz CT molecular complexity index is 1080. The molecule has 3 rings (SSSR count). The molecule has 8 N–H and O–H groups in total. The van der Waals surface area contributed by atoms with Crippen molar-refractivity contribution in [1.82, 2.24) is 15.3 Å². The number of rotatable bonds is 9. The second-order valence-corrected chi connectivity index (χ2v) is 9.72. The SMILES string of the molecule is N=C(N)CNC(=O)Nc1ccc(-c2nc(N)cc(C3(S(=O)(=O)CCCO)CC3)n2)cc1. The third-order valence-electron chi connectivity index (χ3n) is 4.92. The van der Waals surface area contributed by atoms with E-state index in [1.807, 2.05) is 0 Å². The number of nitrogens with zero attached hydrogens (tertiary/aromatic N) is 2. The Balaban J connectivity index is 1.81. The number of hydrogen-bond donors (Lipinski definition) is 6. The largest absolute Gasteiger partial charge is 0.396 e. The van der Waals surface area contributed by atoms with Crippen LogP contribution in [-0.4, -0.2) is 54.3 Å². The van der Waals surface area contributed by atoms with E-state index in [1.54, 1.807) is 24.3 Å². The molecule has 0 spiro atoms. The lowest BCUT2D eigenvalue weighted by molar-refractivity contribution is 0.253. The molecule has 0 radical (unpaired) electrons. The van der Waals surface area contributed by atoms with E-state index in [0.717, 1.165) is 0 Å². The zero-order valence-corrected chi connectivity index (χ0v) is 17.6. The summed E-state index contributed by atoms with van der Waals surface area (Å²) in [5.74, 6) is 0.169. The highest BCUT2D eigenvalue weighted by atomic mass is 32.2. The number of hydrogen-bond acceptors (Lipinski definition) is 8. The number of aromatic nitrogens is 2. The van der Waals surface area contributed by atoms with Gasteiger partial charge in [0, 0.05) is 23.9 Å². The zero-order chi connectivity index (χ0) is 22.6. The predicted molar refractivity (Wildman–Crippen MR) is 117 cm³/mol. The lowest BCUT2D eigenvalue weighted by Gasteiger charge is -2.17. The Kier molecular flexibility index (Phi) is 6.41. The summed E-state index contributed by atoms with van der Waals surface area (Å²) in [5.41, 5.74) is 12.6. The van der Waals surface area contributed by atoms with Crippen LogP contribution in [0.2, 0.25) is 0 Å². The van der Waals surface area contributed by atoms with Crippen LogP contribution in [0.15, 0.2) is 30.3 Å². The normalized spacial score (nSPS) is 14.6. The number of nitrogens with two attached hydrogens (primary N) is 2. The first-order valence-electron chi connectivity index (χ1n) is 9.63. The summed E-state index contributed by atoms with van der Waals surface area (Å²) in [6.07, 6.45) is 1.08. The molecule has 0 aliphatic heterocycles. The molecule has 2 amide bonds. The van der Waals surface area contributed by atoms with Gasteiger partial charge in [0.2, 0.25) is 0 Å². The van der Waals surface area contributed by atoms with Crippen molar-refractivity contribution in [2.24, 2.45) is 5.73 Å². The Morgan fingerprint density at radius 1 is 1.23 bits per heavy atom. The van der Waals surface area contributed by atoms with E-state index >= 15 is 0 Å². The Labute approximate surface area is 179 Å². The van der Waals surface area contributed by atoms with E-state index in [9.17, 15) is 13.2 Å². The van der Waals surface area contributed by atoms with Crippen LogP contribution in [0.25, 0.3) is 11.4 Å². The molecule has 0 saturated heterocycles. The summed E-state index contributed by atoms with van der Waals surface area (Å²) in [7, 11) is -3.50. The molecule has 1 fully saturated rings. The first-order chi connectivity index (χ1) is 14.7. The molecule has 11 nitrogen and oxygen atoms in total. The Hall–Kier alpha value is -3.25. The number of aliphatic hydroxyl groups is 1. The minimum Gasteiger partial charge on any atom is -0.396 e. The Morgan fingerprint density at radius 3 is 2.48 bits per heavy atom. The molecule has 2 aromatic rings. The second-order valence-electron chi connectivity index (χ2n) is 7.30. The smallest absolute Gasteiger partial charge is 0.319 e. The van der Waals surface area contributed by atoms with Gasteiger partial charge in [-0.15, -0.1) is 0 Å². The first-order valence-corrected chi connectivity index (χ1v) is 11.3. The van der Waals surface area contributed by atoms with Crippen LogP contribution in [-0.2, 0) is 14.6 Å². The maximum absolute atomic E-state index is 12.8. The van der Waals surface area contributed by atoms with Gasteiger partial charge in [-0.3, -0.25) is 5.41 Å². The van der Waals surface area contributed by atoms with Gasteiger partial charge in [-0.05, 0) is 43.5 Å². The number of carbonyl (C=O) groups is 1. The maximum Gasteiger partial charge on any atom is 0.319 e. The number of amidine groups is 1. The van der Waals surface area contributed by atoms with Crippen LogP contribution >= 0.6 is 0 Å². The van der Waals surface area contributed by atoms with Crippen molar-refractivity contribution in [2.75, 3.05) is 30.0 Å². The number of sulfone groups is 1. The highest BCUT2D eigenvalue weighted by Crippen LogP contribution is 2.53. The van der Waals surface area contributed by atoms with Crippen LogP contribution in [0.1, 0.15) is 25.0 Å². The van der Waals surface area contributed by atoms with Crippen LogP contribution in [0.5, 0.6) is 0 Å². The first kappa shape index (κ1) is 22.4. The van der Waals surface area contributed by atoms with Crippen LogP contribution in [0.4, 0.5) is 16.3 Å². The minimum atomic E-state index is -3.50. The van der Waals surface area contributed by atoms with Crippen molar-refractivity contribution in [2.45, 2.75) is 24.0 Å². The molecule has 1 aliphatic carbocycles. The fourth-order valence-electron chi connectivity index (χ4n) is 3.17. The topological polar surface area (TPSA) is 197 Å². The van der Waals surface area contributed by atoms with Gasteiger partial charge >= 0.3 is 6.03 Å². The van der Waals surface area contributed by atoms with Gasteiger partial charge in [0.25, 0.3) is 0 Å². The quantitative estimate of drug-likeness (QED) is 0.237. The monoisotopic (exact) mass is 447 g/mol. The molecule has 0 atom stereocenters. The molecular formula is C19H25N7O4S. The number of carbonyl (C=O) groups excluding carboxylic acids is 1. The third-order valence-corrected chi connectivity index (χ3v) is 7.56. The van der Waals surface area contributed by atoms with Crippen LogP contribution in [0.3, 0.4) is 0 Å². The number of urea groups is 1. The molecule has 1 aliphatic rings. The number of aliphatic hydroxyl groups excluding tert-OH is 1. The Morgan fingerprint density at radius 2 is 1.90 bits per heavy atom. The van der Waals surface area contributed by atoms with Crippen LogP contribution < -0.4 is 22.1 Å². The van der Waals surface area contributed by atoms with E-state index in [4.69, 9.17) is 22.0 Å². The molecule has 1 heterocycles. The predicted octanol–water partition coefficient (Wildman–Crippen LogP) is 0.570. The number of benzene rings is 1. The minimum absolute atomic E-state index is 0.0627. The summed E-state index contributed by atoms with van der Waals surface area (Å²) in [5, 5.41) is 21.1. The molecule has 12 heteroatoms. The highest BCUT2D eigenvalue weighted by molar-refractivity contribution is 7.92. The van der Waals surface area contributed by atoms with Crippen molar-refractivity contribution in [3.8, 4) is 11.4 Å². The summed E-state index contributed by atoms with van der Waals surface area (Å²) in [6, 6.07) is 7.62. The summed E-state index contributed by atoms with van der Waals surface area (Å²) < 4.78 is 24.5. The average molecular weight is 448 g/mol. The highest BCUT2D eigenvalue weighted by Gasteiger charge is 2.56. The fourth-order valence-corrected chi connectivity index (χ4v) is 5.22. The van der Waals surface area contributed by atoms with Crippen LogP contribution in [0, 0.1) is 5.41 Å². The molecule has 0 unspecified atom stereocenters. The van der Waals surface area contributed by atoms with Gasteiger partial charge in [0.05, 0.1) is 18.0 Å². The van der Waals surface area contributed by atoms with E-state index in [2.05, 4.69) is 20.6 Å². The van der Waals surface area contributed by atoms with E-state index in [1.165, 1.54) is 6.07 Å². The van der Waals surface area contributed by atoms with Crippen molar-refractivity contribution < 1.29 is 18.3 Å². The third kappa shape index (κ3) is 5.09. The average Bonchev–Trinajstić information content (AvgIpc) is 3.54. The van der Waals surface area contributed by atoms with Gasteiger partial charge in [0.1, 0.15) is 16.4 Å². The van der Waals surface area contributed by atoms with Crippen molar-refractivity contribution in [1.29, 1.82) is 5.41 Å². The molecule has 31 heavy (non-hydrogen) atoms. The van der Waals surface area contributed by atoms with Gasteiger partial charge in [-0.1, -0.05) is 0 Å². The molecule has 1 aromatic carbocycles. The van der Waals surface area contributed by atoms with Gasteiger partial charge in [-0.25, -0.2) is 23.2 Å². The molecule has 0 bridgehead atoms. The number of anilines is 2. The molecular weight excluding hydrogens is 422 g/mol. The molecule has 166 valence electrons. The summed E-state index contributed by atoms with van der Waals surface area (Å²) in [4.78, 5) is 20.5. The van der Waals surface area contributed by atoms with Crippen molar-refractivity contribution >= 4 is 33.2 Å². The van der Waals surface area contributed by atoms with Gasteiger partial charge in [0.15, 0.2) is 15.7 Å². The molecule has 1 saturated carbocycles. The number of nitrogen functional groups attached to an aromatic ring is 1. The second kappa shape index (κ2) is 8.86. The molecule has 1 aromatic heterocycles. The lowest BCUT2D eigenvalue weighted by atomic mass is 10.1. The van der Waals surface area contributed by atoms with Crippen molar-refractivity contribution in [3.05, 3.63) is 36.0 Å². The van der Waals surface area contributed by atoms with E-state index in [-0.39, 0.29) is 42.8 Å². The number of amides is 2. The van der Waals surface area contributed by atoms with E-state index in [0.29, 0.717) is 29.8 Å². The van der Waals surface area contributed by atoms with Gasteiger partial charge < -0.3 is 27.2 Å². The van der Waals surface area contributed by atoms with E-state index < -0.39 is 20.6 Å².